The average Bonchev–Trinajstić information content (AvgIpc) is 3.13. The van der Waals surface area contributed by atoms with Crippen molar-refractivity contribution in [3.63, 3.8) is 0 Å². The summed E-state index contributed by atoms with van der Waals surface area (Å²) in [5.41, 5.74) is 2.31. The molecule has 0 aliphatic rings. The lowest BCUT2D eigenvalue weighted by atomic mass is 10.1. The average molecular weight is 423 g/mol. The van der Waals surface area contributed by atoms with Crippen LogP contribution in [0.3, 0.4) is 0 Å². The van der Waals surface area contributed by atoms with Gasteiger partial charge >= 0.3 is 0 Å². The van der Waals surface area contributed by atoms with Gasteiger partial charge in [0.1, 0.15) is 5.82 Å². The fourth-order valence-electron chi connectivity index (χ4n) is 2.93. The van der Waals surface area contributed by atoms with Gasteiger partial charge in [-0.05, 0) is 63.0 Å². The number of nitriles is 1. The van der Waals surface area contributed by atoms with Gasteiger partial charge in [0.25, 0.3) is 5.91 Å². The summed E-state index contributed by atoms with van der Waals surface area (Å²) < 4.78 is 1.63. The molecule has 0 aliphatic heterocycles. The molecule has 0 spiro atoms. The van der Waals surface area contributed by atoms with E-state index in [0.29, 0.717) is 36.0 Å². The van der Waals surface area contributed by atoms with E-state index in [-0.39, 0.29) is 11.7 Å². The number of benzene rings is 2. The molecule has 1 amide bonds. The monoisotopic (exact) mass is 422 g/mol. The molecule has 8 heteroatoms. The molecule has 2 aromatic carbocycles. The highest BCUT2D eigenvalue weighted by molar-refractivity contribution is 6.30. The van der Waals surface area contributed by atoms with E-state index in [2.05, 4.69) is 16.2 Å². The molecule has 3 rings (SSSR count). The first-order valence-electron chi connectivity index (χ1n) is 9.50. The molecule has 0 radical (unpaired) electrons. The number of aryl methyl sites for hydroxylation is 1. The predicted octanol–water partition coefficient (Wildman–Crippen LogP) is 3.30. The van der Waals surface area contributed by atoms with Crippen molar-refractivity contribution in [1.82, 2.24) is 24.6 Å². The predicted molar refractivity (Wildman–Crippen MR) is 116 cm³/mol. The zero-order valence-electron chi connectivity index (χ0n) is 17.2. The number of rotatable bonds is 7. The Hall–Kier alpha value is -3.21. The van der Waals surface area contributed by atoms with E-state index in [1.54, 1.807) is 33.8 Å². The van der Waals surface area contributed by atoms with Crippen LogP contribution in [-0.2, 0) is 6.54 Å². The highest BCUT2D eigenvalue weighted by Crippen LogP contribution is 2.16. The van der Waals surface area contributed by atoms with Crippen molar-refractivity contribution in [2.75, 3.05) is 27.2 Å². The molecule has 0 unspecified atom stereocenters. The molecule has 0 bridgehead atoms. The van der Waals surface area contributed by atoms with Gasteiger partial charge in [-0.1, -0.05) is 23.7 Å². The van der Waals surface area contributed by atoms with Crippen molar-refractivity contribution in [2.45, 2.75) is 13.5 Å². The van der Waals surface area contributed by atoms with Gasteiger partial charge in [-0.3, -0.25) is 4.79 Å². The van der Waals surface area contributed by atoms with Crippen LogP contribution in [0.5, 0.6) is 0 Å². The van der Waals surface area contributed by atoms with Crippen LogP contribution in [0, 0.1) is 18.3 Å². The van der Waals surface area contributed by atoms with Gasteiger partial charge in [0.15, 0.2) is 0 Å². The maximum atomic E-state index is 13.2. The Labute approximate surface area is 181 Å². The molecule has 7 nitrogen and oxygen atoms in total. The van der Waals surface area contributed by atoms with E-state index < -0.39 is 0 Å². The SMILES string of the molecule is Cc1nc(C(=O)N(CCN(C)C)Cc2ccc(C#N)cc2)nn1-c1ccc(Cl)cc1. The molecule has 0 aliphatic carbocycles. The number of carbonyl (C=O) groups is 1. The molecule has 0 saturated carbocycles. The Balaban J connectivity index is 1.85. The number of amides is 1. The van der Waals surface area contributed by atoms with Crippen LogP contribution in [-0.4, -0.2) is 57.7 Å². The van der Waals surface area contributed by atoms with Crippen LogP contribution in [0.15, 0.2) is 48.5 Å². The van der Waals surface area contributed by atoms with E-state index in [1.165, 1.54) is 0 Å². The fourth-order valence-corrected chi connectivity index (χ4v) is 3.05. The molecule has 0 fully saturated rings. The second kappa shape index (κ2) is 9.53. The second-order valence-electron chi connectivity index (χ2n) is 7.21. The summed E-state index contributed by atoms with van der Waals surface area (Å²) in [7, 11) is 3.92. The number of halogens is 1. The largest absolute Gasteiger partial charge is 0.330 e. The quantitative estimate of drug-likeness (QED) is 0.583. The molecule has 1 aromatic heterocycles. The Morgan fingerprint density at radius 3 is 2.37 bits per heavy atom. The number of carbonyl (C=O) groups excluding carboxylic acids is 1. The van der Waals surface area contributed by atoms with Crippen molar-refractivity contribution in [3.05, 3.63) is 76.3 Å². The third-order valence-electron chi connectivity index (χ3n) is 4.59. The van der Waals surface area contributed by atoms with Crippen molar-refractivity contribution in [2.24, 2.45) is 0 Å². The Morgan fingerprint density at radius 2 is 1.77 bits per heavy atom. The molecule has 1 heterocycles. The maximum Gasteiger partial charge on any atom is 0.293 e. The molecule has 0 saturated heterocycles. The van der Waals surface area contributed by atoms with Crippen molar-refractivity contribution in [3.8, 4) is 11.8 Å². The number of likely N-dealkylation sites (N-methyl/N-ethyl adjacent to an activating group) is 1. The van der Waals surface area contributed by atoms with Crippen molar-refractivity contribution >= 4 is 17.5 Å². The first-order valence-corrected chi connectivity index (χ1v) is 9.88. The first-order chi connectivity index (χ1) is 14.4. The lowest BCUT2D eigenvalue weighted by molar-refractivity contribution is 0.0719. The van der Waals surface area contributed by atoms with Crippen LogP contribution >= 0.6 is 11.6 Å². The highest BCUT2D eigenvalue weighted by Gasteiger charge is 2.22. The summed E-state index contributed by atoms with van der Waals surface area (Å²) in [6.45, 7) is 3.45. The van der Waals surface area contributed by atoms with Gasteiger partial charge in [0.05, 0.1) is 17.3 Å². The minimum atomic E-state index is -0.239. The molecule has 30 heavy (non-hydrogen) atoms. The van der Waals surface area contributed by atoms with E-state index in [4.69, 9.17) is 16.9 Å². The normalized spacial score (nSPS) is 10.8. The topological polar surface area (TPSA) is 78.1 Å². The number of nitrogens with zero attached hydrogens (tertiary/aromatic N) is 6. The van der Waals surface area contributed by atoms with Gasteiger partial charge in [-0.15, -0.1) is 5.10 Å². The lowest BCUT2D eigenvalue weighted by Crippen LogP contribution is -2.36. The first kappa shape index (κ1) is 21.5. The van der Waals surface area contributed by atoms with Crippen LogP contribution in [0.25, 0.3) is 5.69 Å². The molecular weight excluding hydrogens is 400 g/mol. The molecule has 154 valence electrons. The Morgan fingerprint density at radius 1 is 1.10 bits per heavy atom. The second-order valence-corrected chi connectivity index (χ2v) is 7.65. The maximum absolute atomic E-state index is 13.2. The summed E-state index contributed by atoms with van der Waals surface area (Å²) in [6, 6.07) is 16.5. The van der Waals surface area contributed by atoms with Crippen LogP contribution in [0.1, 0.15) is 27.6 Å². The Bertz CT molecular complexity index is 1050. The van der Waals surface area contributed by atoms with Gasteiger partial charge in [0, 0.05) is 24.7 Å². The van der Waals surface area contributed by atoms with E-state index >= 15 is 0 Å². The number of hydrogen-bond donors (Lipinski definition) is 0. The Kier molecular flexibility index (Phi) is 6.83. The standard InChI is InChI=1S/C22H23ClN6O/c1-16-25-21(26-29(16)20-10-8-19(23)9-11-20)22(30)28(13-12-27(2)3)15-18-6-4-17(14-24)5-7-18/h4-11H,12-13,15H2,1-3H3. The van der Waals surface area contributed by atoms with Gasteiger partial charge in [-0.25, -0.2) is 9.67 Å². The van der Waals surface area contributed by atoms with E-state index in [1.807, 2.05) is 50.2 Å². The van der Waals surface area contributed by atoms with Crippen LogP contribution in [0.4, 0.5) is 0 Å². The van der Waals surface area contributed by atoms with Crippen molar-refractivity contribution in [1.29, 1.82) is 5.26 Å². The molecular formula is C22H23ClN6O. The van der Waals surface area contributed by atoms with E-state index in [9.17, 15) is 4.79 Å². The number of aromatic nitrogens is 3. The third-order valence-corrected chi connectivity index (χ3v) is 4.84. The highest BCUT2D eigenvalue weighted by atomic mass is 35.5. The van der Waals surface area contributed by atoms with Gasteiger partial charge in [0.2, 0.25) is 5.82 Å². The molecule has 3 aromatic rings. The van der Waals surface area contributed by atoms with Crippen LogP contribution < -0.4 is 0 Å². The lowest BCUT2D eigenvalue weighted by Gasteiger charge is -2.23. The van der Waals surface area contributed by atoms with Crippen molar-refractivity contribution < 1.29 is 4.79 Å². The van der Waals surface area contributed by atoms with Gasteiger partial charge in [-0.2, -0.15) is 5.26 Å². The molecule has 0 N–H and O–H groups in total. The smallest absolute Gasteiger partial charge is 0.293 e. The third kappa shape index (κ3) is 5.23. The summed E-state index contributed by atoms with van der Waals surface area (Å²) in [5, 5.41) is 14.1. The van der Waals surface area contributed by atoms with Crippen LogP contribution in [0.2, 0.25) is 5.02 Å². The summed E-state index contributed by atoms with van der Waals surface area (Å²) in [6.07, 6.45) is 0. The van der Waals surface area contributed by atoms with E-state index in [0.717, 1.165) is 11.3 Å². The zero-order valence-corrected chi connectivity index (χ0v) is 18.0. The van der Waals surface area contributed by atoms with Gasteiger partial charge < -0.3 is 9.80 Å². The number of hydrogen-bond acceptors (Lipinski definition) is 5. The zero-order chi connectivity index (χ0) is 21.7. The summed E-state index contributed by atoms with van der Waals surface area (Å²) >= 11 is 5.96. The minimum Gasteiger partial charge on any atom is -0.330 e. The minimum absolute atomic E-state index is 0.148. The summed E-state index contributed by atoms with van der Waals surface area (Å²) in [4.78, 5) is 21.4. The fraction of sp³-hybridized carbons (Fsp3) is 0.273. The summed E-state index contributed by atoms with van der Waals surface area (Å²) in [5.74, 6) is 0.526. The molecule has 0 atom stereocenters.